The molecule has 2 heteroatoms. The van der Waals surface area contributed by atoms with E-state index >= 15 is 0 Å². The number of halogens is 1. The van der Waals surface area contributed by atoms with Crippen molar-refractivity contribution < 1.29 is 21.5 Å². The van der Waals surface area contributed by atoms with Crippen LogP contribution in [-0.4, -0.2) is 7.21 Å². The van der Waals surface area contributed by atoms with Crippen molar-refractivity contribution in [2.45, 2.75) is 33.6 Å². The Morgan fingerprint density at radius 3 is 2.58 bits per heavy atom. The molecule has 0 N–H and O–H groups in total. The average Bonchev–Trinajstić information content (AvgIpc) is 2.34. The van der Waals surface area contributed by atoms with Crippen LogP contribution in [0.5, 0.6) is 0 Å². The normalized spacial score (nSPS) is 11.4. The van der Waals surface area contributed by atoms with Crippen LogP contribution in [0.1, 0.15) is 38.1 Å². The number of rotatable bonds is 3. The minimum absolute atomic E-state index is 0.207. The van der Waals surface area contributed by atoms with Gasteiger partial charge in [0.15, 0.2) is 0 Å². The van der Waals surface area contributed by atoms with Crippen LogP contribution in [0.3, 0.4) is 0 Å². The maximum absolute atomic E-state index is 2.53. The van der Waals surface area contributed by atoms with Crippen LogP contribution in [0.25, 0.3) is 0 Å². The van der Waals surface area contributed by atoms with E-state index in [-0.39, 0.29) is 21.5 Å². The first-order chi connectivity index (χ1) is 5.66. The summed E-state index contributed by atoms with van der Waals surface area (Å²) in [6.45, 7) is 9.02. The Morgan fingerprint density at radius 1 is 1.42 bits per heavy atom. The summed E-state index contributed by atoms with van der Waals surface area (Å²) < 4.78 is 3.86. The molecular formula is C10H17IN-. The third kappa shape index (κ3) is 2.03. The van der Waals surface area contributed by atoms with Gasteiger partial charge in [-0.05, 0) is 0 Å². The molecule has 1 heterocycles. The maximum atomic E-state index is 2.53. The molecule has 0 amide bonds. The standard InChI is InChI=1S/C10H17IN/c1-5-11-12-9(4)6-7-10(12)8(2)3/h6-8H,5H2,1-4H3/q-1. The van der Waals surface area contributed by atoms with Crippen molar-refractivity contribution in [3.05, 3.63) is 23.5 Å². The van der Waals surface area contributed by atoms with Gasteiger partial charge in [-0.1, -0.05) is 0 Å². The second-order valence-electron chi connectivity index (χ2n) is 3.22. The van der Waals surface area contributed by atoms with Crippen molar-refractivity contribution in [3.63, 3.8) is 0 Å². The van der Waals surface area contributed by atoms with E-state index in [0.29, 0.717) is 5.92 Å². The molecular weight excluding hydrogens is 261 g/mol. The zero-order valence-corrected chi connectivity index (χ0v) is 10.4. The number of nitrogens with zero attached hydrogens (tertiary/aromatic N) is 1. The van der Waals surface area contributed by atoms with Gasteiger partial charge in [-0.2, -0.15) is 0 Å². The molecule has 1 aromatic heterocycles. The fourth-order valence-corrected chi connectivity index (χ4v) is 3.74. The molecule has 1 rings (SSSR count). The molecule has 0 aliphatic carbocycles. The molecule has 1 aromatic rings. The molecule has 0 fully saturated rings. The van der Waals surface area contributed by atoms with Gasteiger partial charge >= 0.3 is 85.8 Å². The van der Waals surface area contributed by atoms with Crippen LogP contribution < -0.4 is 21.5 Å². The van der Waals surface area contributed by atoms with E-state index in [1.807, 2.05) is 0 Å². The van der Waals surface area contributed by atoms with Crippen LogP contribution in [-0.2, 0) is 0 Å². The molecule has 0 unspecified atom stereocenters. The molecule has 0 bridgehead atoms. The summed E-state index contributed by atoms with van der Waals surface area (Å²) in [4.78, 5) is 0. The molecule has 0 aliphatic rings. The summed E-state index contributed by atoms with van der Waals surface area (Å²) in [7, 11) is 0. The van der Waals surface area contributed by atoms with Crippen LogP contribution in [0.4, 0.5) is 0 Å². The number of alkyl halides is 1. The number of aryl methyl sites for hydroxylation is 1. The van der Waals surface area contributed by atoms with Gasteiger partial charge in [0.25, 0.3) is 0 Å². The van der Waals surface area contributed by atoms with E-state index in [9.17, 15) is 0 Å². The van der Waals surface area contributed by atoms with E-state index in [1.165, 1.54) is 15.8 Å². The zero-order chi connectivity index (χ0) is 9.14. The molecule has 0 atom stereocenters. The molecule has 0 aromatic carbocycles. The summed E-state index contributed by atoms with van der Waals surface area (Å²) in [5, 5.41) is 0. The molecule has 0 spiro atoms. The van der Waals surface area contributed by atoms with Gasteiger partial charge in [0.1, 0.15) is 0 Å². The Balaban J connectivity index is 2.95. The molecule has 0 saturated carbocycles. The van der Waals surface area contributed by atoms with Crippen molar-refractivity contribution in [2.24, 2.45) is 0 Å². The summed E-state index contributed by atoms with van der Waals surface area (Å²) in [6.07, 6.45) is 0. The summed E-state index contributed by atoms with van der Waals surface area (Å²) in [5.74, 6) is 0.671. The molecule has 70 valence electrons. The van der Waals surface area contributed by atoms with Crippen molar-refractivity contribution in [2.75, 3.05) is 4.43 Å². The van der Waals surface area contributed by atoms with Gasteiger partial charge in [0, 0.05) is 0 Å². The Bertz CT molecular complexity index is 250. The monoisotopic (exact) mass is 278 g/mol. The summed E-state index contributed by atoms with van der Waals surface area (Å²) in [6, 6.07) is 4.51. The van der Waals surface area contributed by atoms with Crippen LogP contribution in [0.15, 0.2) is 12.1 Å². The van der Waals surface area contributed by atoms with Gasteiger partial charge in [-0.25, -0.2) is 0 Å². The van der Waals surface area contributed by atoms with Crippen LogP contribution in [0.2, 0.25) is 0 Å². The average molecular weight is 278 g/mol. The molecule has 0 radical (unpaired) electrons. The second-order valence-corrected chi connectivity index (χ2v) is 6.39. The third-order valence-electron chi connectivity index (χ3n) is 1.86. The van der Waals surface area contributed by atoms with Crippen molar-refractivity contribution in [3.8, 4) is 0 Å². The Hall–Kier alpha value is 0.0100. The van der Waals surface area contributed by atoms with Gasteiger partial charge in [-0.15, -0.1) is 0 Å². The predicted molar refractivity (Wildman–Crippen MR) is 49.2 cm³/mol. The fraction of sp³-hybridized carbons (Fsp3) is 0.600. The van der Waals surface area contributed by atoms with Gasteiger partial charge in [0.05, 0.1) is 0 Å². The van der Waals surface area contributed by atoms with Crippen molar-refractivity contribution in [1.29, 1.82) is 0 Å². The fourth-order valence-electron chi connectivity index (χ4n) is 1.24. The van der Waals surface area contributed by atoms with E-state index in [2.05, 4.69) is 42.6 Å². The summed E-state index contributed by atoms with van der Waals surface area (Å²) >= 11 is 0.207. The van der Waals surface area contributed by atoms with Crippen LogP contribution in [0, 0.1) is 6.92 Å². The van der Waals surface area contributed by atoms with Gasteiger partial charge < -0.3 is 0 Å². The number of aromatic nitrogens is 1. The molecule has 0 saturated heterocycles. The topological polar surface area (TPSA) is 4.93 Å². The Labute approximate surface area is 85.8 Å². The van der Waals surface area contributed by atoms with Gasteiger partial charge in [-0.3, -0.25) is 0 Å². The van der Waals surface area contributed by atoms with Crippen molar-refractivity contribution in [1.82, 2.24) is 2.78 Å². The minimum atomic E-state index is 0.207. The SMILES string of the molecule is CC[I-]n1c(C)ccc1C(C)C. The van der Waals surface area contributed by atoms with E-state index < -0.39 is 0 Å². The number of hydrogen-bond acceptors (Lipinski definition) is 0. The molecule has 1 nitrogen and oxygen atoms in total. The second kappa shape index (κ2) is 4.30. The Morgan fingerprint density at radius 2 is 2.08 bits per heavy atom. The van der Waals surface area contributed by atoms with E-state index in [0.717, 1.165) is 0 Å². The number of hydrogen-bond donors (Lipinski definition) is 0. The third-order valence-corrected chi connectivity index (χ3v) is 4.54. The van der Waals surface area contributed by atoms with E-state index in [1.54, 1.807) is 0 Å². The Kier molecular flexibility index (Phi) is 3.62. The first-order valence-corrected chi connectivity index (χ1v) is 6.94. The van der Waals surface area contributed by atoms with Gasteiger partial charge in [0.2, 0.25) is 0 Å². The van der Waals surface area contributed by atoms with E-state index in [4.69, 9.17) is 0 Å². The summed E-state index contributed by atoms with van der Waals surface area (Å²) in [5.41, 5.74) is 2.95. The zero-order valence-electron chi connectivity index (χ0n) is 8.26. The predicted octanol–water partition coefficient (Wildman–Crippen LogP) is -0.208. The quantitative estimate of drug-likeness (QED) is 0.533. The van der Waals surface area contributed by atoms with Crippen molar-refractivity contribution >= 4 is 0 Å². The first-order valence-electron chi connectivity index (χ1n) is 4.44. The van der Waals surface area contributed by atoms with Crippen LogP contribution >= 0.6 is 0 Å². The molecule has 0 aliphatic heterocycles. The first kappa shape index (κ1) is 10.1. The molecule has 12 heavy (non-hydrogen) atoms.